The second kappa shape index (κ2) is 10.1. The smallest absolute Gasteiger partial charge is 0.235 e. The van der Waals surface area contributed by atoms with Crippen molar-refractivity contribution in [2.24, 2.45) is 0 Å². The molecular formula is C23H26N4O2S. The summed E-state index contributed by atoms with van der Waals surface area (Å²) in [6, 6.07) is 17.6. The lowest BCUT2D eigenvalue weighted by Crippen LogP contribution is -2.33. The fourth-order valence-corrected chi connectivity index (χ4v) is 4.05. The molecule has 0 fully saturated rings. The van der Waals surface area contributed by atoms with E-state index in [0.29, 0.717) is 18.2 Å². The summed E-state index contributed by atoms with van der Waals surface area (Å²) in [5.74, 6) is 1.56. The summed E-state index contributed by atoms with van der Waals surface area (Å²) in [6.07, 6.45) is 1.80. The van der Waals surface area contributed by atoms with Gasteiger partial charge in [-0.05, 0) is 36.8 Å². The zero-order chi connectivity index (χ0) is 21.5. The minimum Gasteiger partial charge on any atom is -0.497 e. The van der Waals surface area contributed by atoms with Crippen molar-refractivity contribution in [3.63, 3.8) is 0 Å². The van der Waals surface area contributed by atoms with E-state index in [1.807, 2.05) is 73.1 Å². The van der Waals surface area contributed by atoms with E-state index in [2.05, 4.69) is 16.8 Å². The molecule has 0 spiro atoms. The first kappa shape index (κ1) is 21.6. The predicted molar refractivity (Wildman–Crippen MR) is 120 cm³/mol. The van der Waals surface area contributed by atoms with Gasteiger partial charge in [-0.2, -0.15) is 0 Å². The molecule has 7 heteroatoms. The number of hydrogen-bond acceptors (Lipinski definition) is 5. The maximum atomic E-state index is 12.9. The van der Waals surface area contributed by atoms with Crippen molar-refractivity contribution < 1.29 is 9.53 Å². The number of carbonyl (C=O) groups excluding carboxylic acids is 1. The number of benzene rings is 2. The summed E-state index contributed by atoms with van der Waals surface area (Å²) in [5, 5.41) is 9.10. The van der Waals surface area contributed by atoms with Crippen molar-refractivity contribution in [2.45, 2.75) is 30.4 Å². The van der Waals surface area contributed by atoms with Gasteiger partial charge in [-0.25, -0.2) is 0 Å². The van der Waals surface area contributed by atoms with E-state index in [1.165, 1.54) is 11.8 Å². The van der Waals surface area contributed by atoms with Crippen molar-refractivity contribution in [2.75, 3.05) is 14.2 Å². The van der Waals surface area contributed by atoms with E-state index in [-0.39, 0.29) is 11.2 Å². The molecule has 0 aliphatic rings. The molecule has 0 aliphatic heterocycles. The van der Waals surface area contributed by atoms with E-state index in [9.17, 15) is 4.79 Å². The zero-order valence-corrected chi connectivity index (χ0v) is 18.3. The summed E-state index contributed by atoms with van der Waals surface area (Å²) in [4.78, 5) is 14.6. The van der Waals surface area contributed by atoms with Crippen LogP contribution in [0.3, 0.4) is 0 Å². The molecule has 3 aromatic rings. The molecule has 0 N–H and O–H groups in total. The van der Waals surface area contributed by atoms with Crippen LogP contribution in [0.5, 0.6) is 5.75 Å². The number of hydrogen-bond donors (Lipinski definition) is 0. The van der Waals surface area contributed by atoms with Gasteiger partial charge >= 0.3 is 0 Å². The minimum absolute atomic E-state index is 0.0444. The van der Waals surface area contributed by atoms with Crippen LogP contribution >= 0.6 is 11.8 Å². The molecule has 6 nitrogen and oxygen atoms in total. The van der Waals surface area contributed by atoms with Crippen molar-refractivity contribution >= 4 is 17.7 Å². The number of thioether (sulfide) groups is 1. The Morgan fingerprint density at radius 1 is 1.20 bits per heavy atom. The van der Waals surface area contributed by atoms with E-state index in [1.54, 1.807) is 18.1 Å². The lowest BCUT2D eigenvalue weighted by atomic mass is 10.2. The number of nitrogens with zero attached hydrogens (tertiary/aromatic N) is 4. The van der Waals surface area contributed by atoms with E-state index < -0.39 is 0 Å². The number of rotatable bonds is 9. The van der Waals surface area contributed by atoms with Gasteiger partial charge in [0, 0.05) is 25.7 Å². The highest BCUT2D eigenvalue weighted by molar-refractivity contribution is 8.00. The molecule has 2 aromatic carbocycles. The molecule has 30 heavy (non-hydrogen) atoms. The summed E-state index contributed by atoms with van der Waals surface area (Å²) < 4.78 is 7.20. The molecule has 0 saturated heterocycles. The number of methoxy groups -OCH3 is 1. The molecule has 0 unspecified atom stereocenters. The van der Waals surface area contributed by atoms with Crippen LogP contribution in [0.25, 0.3) is 11.4 Å². The molecule has 1 atom stereocenters. The summed E-state index contributed by atoms with van der Waals surface area (Å²) >= 11 is 1.41. The van der Waals surface area contributed by atoms with Crippen LogP contribution in [-0.2, 0) is 17.9 Å². The first-order chi connectivity index (χ1) is 14.5. The van der Waals surface area contributed by atoms with Gasteiger partial charge in [-0.3, -0.25) is 9.36 Å². The van der Waals surface area contributed by atoms with E-state index in [0.717, 1.165) is 22.7 Å². The van der Waals surface area contributed by atoms with Crippen LogP contribution in [0.1, 0.15) is 12.5 Å². The minimum atomic E-state index is -0.296. The molecule has 1 aromatic heterocycles. The molecule has 0 aliphatic carbocycles. The Morgan fingerprint density at radius 2 is 1.90 bits per heavy atom. The van der Waals surface area contributed by atoms with Gasteiger partial charge in [0.05, 0.1) is 12.4 Å². The van der Waals surface area contributed by atoms with Crippen LogP contribution < -0.4 is 4.74 Å². The molecule has 0 radical (unpaired) electrons. The molecule has 0 saturated carbocycles. The van der Waals surface area contributed by atoms with Crippen LogP contribution in [0.4, 0.5) is 0 Å². The number of ether oxygens (including phenoxy) is 1. The quantitative estimate of drug-likeness (QED) is 0.381. The lowest BCUT2D eigenvalue weighted by molar-refractivity contribution is -0.129. The summed E-state index contributed by atoms with van der Waals surface area (Å²) in [6.45, 7) is 6.87. The Hall–Kier alpha value is -3.06. The zero-order valence-electron chi connectivity index (χ0n) is 17.5. The number of carbonyl (C=O) groups is 1. The van der Waals surface area contributed by atoms with Crippen LogP contribution in [-0.4, -0.2) is 45.0 Å². The third kappa shape index (κ3) is 5.10. The first-order valence-corrected chi connectivity index (χ1v) is 10.6. The molecule has 1 amide bonds. The Kier molecular flexibility index (Phi) is 7.30. The maximum Gasteiger partial charge on any atom is 0.235 e. The average molecular weight is 423 g/mol. The fourth-order valence-electron chi connectivity index (χ4n) is 3.08. The third-order valence-corrected chi connectivity index (χ3v) is 5.71. The predicted octanol–water partition coefficient (Wildman–Crippen LogP) is 4.28. The normalized spacial score (nSPS) is 11.7. The summed E-state index contributed by atoms with van der Waals surface area (Å²) in [5.41, 5.74) is 2.03. The van der Waals surface area contributed by atoms with Crippen LogP contribution in [0.2, 0.25) is 0 Å². The number of amides is 1. The first-order valence-electron chi connectivity index (χ1n) is 9.67. The van der Waals surface area contributed by atoms with Gasteiger partial charge in [-0.1, -0.05) is 48.2 Å². The van der Waals surface area contributed by atoms with Gasteiger partial charge in [0.1, 0.15) is 5.75 Å². The Morgan fingerprint density at radius 3 is 2.53 bits per heavy atom. The third-order valence-electron chi connectivity index (χ3n) is 4.65. The largest absolute Gasteiger partial charge is 0.497 e. The molecule has 0 bridgehead atoms. The SMILES string of the molecule is C=CCn1c(S[C@H](C)C(=O)N(C)Cc2ccccc2)nnc1-c1ccc(OC)cc1. The second-order valence-corrected chi connectivity index (χ2v) is 8.18. The van der Waals surface area contributed by atoms with Gasteiger partial charge in [-0.15, -0.1) is 16.8 Å². The molecular weight excluding hydrogens is 396 g/mol. The Labute approximate surface area is 181 Å². The second-order valence-electron chi connectivity index (χ2n) is 6.87. The standard InChI is InChI=1S/C23H26N4O2S/c1-5-15-27-21(19-11-13-20(29-4)14-12-19)24-25-23(27)30-17(2)22(28)26(3)16-18-9-7-6-8-10-18/h5-14,17H,1,15-16H2,2-4H3/t17-/m1/s1. The van der Waals surface area contributed by atoms with Crippen molar-refractivity contribution in [1.82, 2.24) is 19.7 Å². The van der Waals surface area contributed by atoms with Crippen molar-refractivity contribution in [3.05, 3.63) is 72.8 Å². The highest BCUT2D eigenvalue weighted by Gasteiger charge is 2.23. The van der Waals surface area contributed by atoms with Crippen molar-refractivity contribution in [3.8, 4) is 17.1 Å². The Bertz CT molecular complexity index is 986. The molecule has 3 rings (SSSR count). The highest BCUT2D eigenvalue weighted by atomic mass is 32.2. The van der Waals surface area contributed by atoms with Gasteiger partial charge in [0.15, 0.2) is 11.0 Å². The Balaban J connectivity index is 1.75. The van der Waals surface area contributed by atoms with Crippen LogP contribution in [0.15, 0.2) is 72.4 Å². The molecule has 1 heterocycles. The fraction of sp³-hybridized carbons (Fsp3) is 0.261. The highest BCUT2D eigenvalue weighted by Crippen LogP contribution is 2.28. The summed E-state index contributed by atoms with van der Waals surface area (Å²) in [7, 11) is 3.46. The number of allylic oxidation sites excluding steroid dienone is 1. The maximum absolute atomic E-state index is 12.9. The average Bonchev–Trinajstić information content (AvgIpc) is 3.16. The van der Waals surface area contributed by atoms with Gasteiger partial charge in [0.25, 0.3) is 0 Å². The van der Waals surface area contributed by atoms with Gasteiger partial charge in [0.2, 0.25) is 5.91 Å². The molecule has 156 valence electrons. The van der Waals surface area contributed by atoms with Crippen LogP contribution in [0, 0.1) is 0 Å². The lowest BCUT2D eigenvalue weighted by Gasteiger charge is -2.21. The van der Waals surface area contributed by atoms with Crippen molar-refractivity contribution in [1.29, 1.82) is 0 Å². The monoisotopic (exact) mass is 422 g/mol. The van der Waals surface area contributed by atoms with E-state index >= 15 is 0 Å². The van der Waals surface area contributed by atoms with E-state index in [4.69, 9.17) is 4.74 Å². The number of aromatic nitrogens is 3. The topological polar surface area (TPSA) is 60.2 Å². The van der Waals surface area contributed by atoms with Gasteiger partial charge < -0.3 is 9.64 Å².